The Bertz CT molecular complexity index is 934. The number of carbonyl (C=O) groups is 3. The molecule has 0 spiro atoms. The number of benzene rings is 1. The maximum Gasteiger partial charge on any atom is 0.408 e. The van der Waals surface area contributed by atoms with Crippen molar-refractivity contribution in [3.63, 3.8) is 0 Å². The van der Waals surface area contributed by atoms with E-state index in [0.29, 0.717) is 19.4 Å². The number of nitrogens with one attached hydrogen (secondary N) is 2. The molecular weight excluding hydrogens is 478 g/mol. The molecule has 0 heterocycles. The molecule has 7 nitrogen and oxygen atoms in total. The Kier molecular flexibility index (Phi) is 12.8. The van der Waals surface area contributed by atoms with Crippen molar-refractivity contribution in [2.45, 2.75) is 131 Å². The number of alkyl carbamates (subject to hydrolysis) is 1. The van der Waals surface area contributed by atoms with Gasteiger partial charge in [-0.25, -0.2) is 4.79 Å². The molecule has 1 rings (SSSR count). The molecular formula is C31H53N3O4. The lowest BCUT2D eigenvalue weighted by atomic mass is 9.90. The molecule has 1 aromatic rings. The molecule has 0 saturated heterocycles. The number of carbonyl (C=O) groups excluding carboxylic acids is 3. The van der Waals surface area contributed by atoms with Gasteiger partial charge in [0.1, 0.15) is 17.7 Å². The van der Waals surface area contributed by atoms with Gasteiger partial charge in [-0.15, -0.1) is 0 Å². The van der Waals surface area contributed by atoms with Crippen molar-refractivity contribution in [1.29, 1.82) is 0 Å². The molecule has 0 saturated carbocycles. The van der Waals surface area contributed by atoms with Crippen LogP contribution in [0.25, 0.3) is 0 Å². The van der Waals surface area contributed by atoms with Gasteiger partial charge in [0.25, 0.3) is 0 Å². The van der Waals surface area contributed by atoms with Crippen LogP contribution in [-0.2, 0) is 14.3 Å². The maximum atomic E-state index is 14.4. The van der Waals surface area contributed by atoms with E-state index >= 15 is 0 Å². The van der Waals surface area contributed by atoms with Gasteiger partial charge < -0.3 is 20.3 Å². The molecule has 2 atom stereocenters. The maximum absolute atomic E-state index is 14.4. The number of nitrogens with zero attached hydrogens (tertiary/aromatic N) is 1. The van der Waals surface area contributed by atoms with Gasteiger partial charge in [0.05, 0.1) is 0 Å². The molecule has 0 aliphatic carbocycles. The topological polar surface area (TPSA) is 87.7 Å². The summed E-state index contributed by atoms with van der Waals surface area (Å²) in [6.07, 6.45) is 3.36. The molecule has 216 valence electrons. The molecule has 38 heavy (non-hydrogen) atoms. The Hall–Kier alpha value is -2.57. The van der Waals surface area contributed by atoms with E-state index in [1.807, 2.05) is 66.7 Å². The largest absolute Gasteiger partial charge is 0.444 e. The molecule has 2 N–H and O–H groups in total. The summed E-state index contributed by atoms with van der Waals surface area (Å²) in [5.74, 6) is -0.364. The number of amides is 3. The highest BCUT2D eigenvalue weighted by atomic mass is 16.6. The van der Waals surface area contributed by atoms with Gasteiger partial charge in [-0.3, -0.25) is 9.59 Å². The summed E-state index contributed by atoms with van der Waals surface area (Å²) in [7, 11) is 0. The second-order valence-corrected chi connectivity index (χ2v) is 12.4. The van der Waals surface area contributed by atoms with Crippen molar-refractivity contribution >= 4 is 17.9 Å². The Balaban J connectivity index is 3.62. The van der Waals surface area contributed by atoms with Crippen LogP contribution in [0.4, 0.5) is 4.79 Å². The Morgan fingerprint density at radius 1 is 0.974 bits per heavy atom. The first kappa shape index (κ1) is 33.5. The zero-order valence-electron chi connectivity index (χ0n) is 25.8. The van der Waals surface area contributed by atoms with Crippen molar-refractivity contribution in [2.75, 3.05) is 6.54 Å². The summed E-state index contributed by atoms with van der Waals surface area (Å²) < 4.78 is 5.49. The molecule has 2 unspecified atom stereocenters. The van der Waals surface area contributed by atoms with E-state index in [1.54, 1.807) is 25.7 Å². The number of hydrogen-bond donors (Lipinski definition) is 2. The molecule has 0 radical (unpaired) electrons. The molecule has 0 aromatic heterocycles. The van der Waals surface area contributed by atoms with E-state index in [1.165, 1.54) is 0 Å². The van der Waals surface area contributed by atoms with E-state index in [9.17, 15) is 14.4 Å². The monoisotopic (exact) mass is 531 g/mol. The van der Waals surface area contributed by atoms with E-state index < -0.39 is 29.3 Å². The highest BCUT2D eigenvalue weighted by molar-refractivity contribution is 5.92. The number of rotatable bonds is 13. The van der Waals surface area contributed by atoms with E-state index in [2.05, 4.69) is 17.6 Å². The summed E-state index contributed by atoms with van der Waals surface area (Å²) in [5, 5.41) is 5.91. The van der Waals surface area contributed by atoms with Crippen LogP contribution in [0, 0.1) is 19.8 Å². The first-order valence-corrected chi connectivity index (χ1v) is 14.2. The minimum Gasteiger partial charge on any atom is -0.444 e. The summed E-state index contributed by atoms with van der Waals surface area (Å²) in [6, 6.07) is 4.25. The van der Waals surface area contributed by atoms with Crippen LogP contribution >= 0.6 is 0 Å². The van der Waals surface area contributed by atoms with Crippen molar-refractivity contribution in [3.8, 4) is 0 Å². The Labute approximate surface area is 231 Å². The first-order valence-electron chi connectivity index (χ1n) is 14.2. The SMILES string of the molecule is CCCCCNC(=O)C(c1ccc(C)c(C)c1)N(C(=O)C(CC(C)C)NC(=O)OC(C)(C)C)C(C)(C)CC. The van der Waals surface area contributed by atoms with Gasteiger partial charge in [-0.2, -0.15) is 0 Å². The molecule has 0 fully saturated rings. The van der Waals surface area contributed by atoms with Crippen molar-refractivity contribution in [3.05, 3.63) is 34.9 Å². The van der Waals surface area contributed by atoms with E-state index in [4.69, 9.17) is 4.74 Å². The van der Waals surface area contributed by atoms with Gasteiger partial charge in [0.2, 0.25) is 11.8 Å². The Morgan fingerprint density at radius 2 is 1.61 bits per heavy atom. The van der Waals surface area contributed by atoms with Gasteiger partial charge in [0, 0.05) is 12.1 Å². The third-order valence-corrected chi connectivity index (χ3v) is 6.88. The molecule has 0 bridgehead atoms. The fourth-order valence-electron chi connectivity index (χ4n) is 4.29. The fraction of sp³-hybridized carbons (Fsp3) is 0.710. The van der Waals surface area contributed by atoms with Gasteiger partial charge in [-0.1, -0.05) is 58.7 Å². The highest BCUT2D eigenvalue weighted by Gasteiger charge is 2.43. The molecule has 1 aromatic carbocycles. The standard InChI is InChI=1S/C31H53N3O4/c1-12-14-15-18-32-27(35)26(24-17-16-22(5)23(6)20-24)34(31(10,11)13-2)28(36)25(19-21(3)4)33-29(37)38-30(7,8)9/h16-17,20-21,25-26H,12-15,18-19H2,1-11H3,(H,32,35)(H,33,37). The van der Waals surface area contributed by atoms with Crippen molar-refractivity contribution in [1.82, 2.24) is 15.5 Å². The molecule has 0 aliphatic rings. The van der Waals surface area contributed by atoms with Crippen molar-refractivity contribution in [2.24, 2.45) is 5.92 Å². The number of hydrogen-bond acceptors (Lipinski definition) is 4. The summed E-state index contributed by atoms with van der Waals surface area (Å²) in [6.45, 7) is 22.1. The quantitative estimate of drug-likeness (QED) is 0.280. The minimum atomic E-state index is -0.839. The molecule has 3 amide bonds. The van der Waals surface area contributed by atoms with Gasteiger partial charge in [-0.05, 0) is 90.3 Å². The smallest absolute Gasteiger partial charge is 0.408 e. The number of unbranched alkanes of at least 4 members (excludes halogenated alkanes) is 2. The molecule has 0 aliphatic heterocycles. The lowest BCUT2D eigenvalue weighted by molar-refractivity contribution is -0.149. The fourth-order valence-corrected chi connectivity index (χ4v) is 4.29. The molecule has 7 heteroatoms. The van der Waals surface area contributed by atoms with Crippen LogP contribution in [-0.4, -0.2) is 46.5 Å². The number of aryl methyl sites for hydroxylation is 2. The van der Waals surface area contributed by atoms with E-state index in [-0.39, 0.29) is 17.7 Å². The predicted molar refractivity (Wildman–Crippen MR) is 155 cm³/mol. The highest BCUT2D eigenvalue weighted by Crippen LogP contribution is 2.33. The second kappa shape index (κ2) is 14.5. The summed E-state index contributed by atoms with van der Waals surface area (Å²) in [4.78, 5) is 42.7. The van der Waals surface area contributed by atoms with Crippen LogP contribution in [0.3, 0.4) is 0 Å². The van der Waals surface area contributed by atoms with Gasteiger partial charge in [0.15, 0.2) is 0 Å². The van der Waals surface area contributed by atoms with E-state index in [0.717, 1.165) is 36.0 Å². The normalized spacial score (nSPS) is 13.6. The van der Waals surface area contributed by atoms with Gasteiger partial charge >= 0.3 is 6.09 Å². The number of ether oxygens (including phenoxy) is 1. The zero-order valence-corrected chi connectivity index (χ0v) is 25.8. The zero-order chi connectivity index (χ0) is 29.3. The second-order valence-electron chi connectivity index (χ2n) is 12.4. The predicted octanol–water partition coefficient (Wildman–Crippen LogP) is 6.61. The van der Waals surface area contributed by atoms with Crippen LogP contribution in [0.5, 0.6) is 0 Å². The van der Waals surface area contributed by atoms with Crippen LogP contribution < -0.4 is 10.6 Å². The minimum absolute atomic E-state index is 0.133. The van der Waals surface area contributed by atoms with Crippen LogP contribution in [0.15, 0.2) is 18.2 Å². The first-order chi connectivity index (χ1) is 17.5. The van der Waals surface area contributed by atoms with Crippen LogP contribution in [0.2, 0.25) is 0 Å². The van der Waals surface area contributed by atoms with Crippen LogP contribution in [0.1, 0.15) is 117 Å². The summed E-state index contributed by atoms with van der Waals surface area (Å²) >= 11 is 0. The average molecular weight is 532 g/mol. The Morgan fingerprint density at radius 3 is 2.11 bits per heavy atom. The third kappa shape index (κ3) is 10.3. The third-order valence-electron chi connectivity index (χ3n) is 6.88. The average Bonchev–Trinajstić information content (AvgIpc) is 2.79. The lowest BCUT2D eigenvalue weighted by Crippen LogP contribution is -2.59. The van der Waals surface area contributed by atoms with Crippen molar-refractivity contribution < 1.29 is 19.1 Å². The summed E-state index contributed by atoms with van der Waals surface area (Å²) in [5.41, 5.74) is 1.58. The lowest BCUT2D eigenvalue weighted by Gasteiger charge is -2.45.